The third-order valence-electron chi connectivity index (χ3n) is 5.42. The molecule has 1 aliphatic heterocycles. The number of halogens is 1. The van der Waals surface area contributed by atoms with Gasteiger partial charge in [0.1, 0.15) is 5.82 Å². The van der Waals surface area contributed by atoms with Crippen LogP contribution in [0.2, 0.25) is 0 Å². The number of aromatic nitrogens is 1. The van der Waals surface area contributed by atoms with E-state index in [-0.39, 0.29) is 11.7 Å². The topological polar surface area (TPSA) is 39.3 Å². The highest BCUT2D eigenvalue weighted by Gasteiger charge is 2.21. The average Bonchev–Trinajstić information content (AvgIpc) is 3.01. The molecule has 140 valence electrons. The minimum absolute atomic E-state index is 0.193. The van der Waals surface area contributed by atoms with Gasteiger partial charge in [0, 0.05) is 54.9 Å². The Morgan fingerprint density at radius 2 is 1.81 bits per heavy atom. The molecule has 0 atom stereocenters. The first-order valence-electron chi connectivity index (χ1n) is 9.46. The summed E-state index contributed by atoms with van der Waals surface area (Å²) in [7, 11) is 0. The molecule has 1 aromatic heterocycles. The molecule has 3 aromatic rings. The lowest BCUT2D eigenvalue weighted by Gasteiger charge is -2.36. The van der Waals surface area contributed by atoms with Gasteiger partial charge in [-0.2, -0.15) is 0 Å². The van der Waals surface area contributed by atoms with E-state index >= 15 is 0 Å². The molecule has 5 heteroatoms. The second-order valence-electron chi connectivity index (χ2n) is 7.12. The quantitative estimate of drug-likeness (QED) is 0.762. The molecular weight excluding hydrogens is 341 g/mol. The van der Waals surface area contributed by atoms with E-state index in [4.69, 9.17) is 0 Å². The fourth-order valence-electron chi connectivity index (χ4n) is 3.93. The minimum Gasteiger partial charge on any atom is -0.368 e. The number of H-pyrrole nitrogens is 1. The van der Waals surface area contributed by atoms with Crippen molar-refractivity contribution in [3.05, 3.63) is 65.6 Å². The Hall–Kier alpha value is -2.82. The number of amides is 1. The van der Waals surface area contributed by atoms with Gasteiger partial charge in [-0.15, -0.1) is 0 Å². The van der Waals surface area contributed by atoms with Crippen molar-refractivity contribution in [2.45, 2.75) is 19.8 Å². The second-order valence-corrected chi connectivity index (χ2v) is 7.12. The Morgan fingerprint density at radius 1 is 1.07 bits per heavy atom. The number of aromatic amines is 1. The lowest BCUT2D eigenvalue weighted by Crippen LogP contribution is -2.48. The maximum absolute atomic E-state index is 13.4. The van der Waals surface area contributed by atoms with E-state index in [0.29, 0.717) is 12.8 Å². The van der Waals surface area contributed by atoms with E-state index in [1.807, 2.05) is 30.0 Å². The van der Waals surface area contributed by atoms with Gasteiger partial charge in [-0.25, -0.2) is 4.39 Å². The molecule has 1 amide bonds. The molecule has 27 heavy (non-hydrogen) atoms. The summed E-state index contributed by atoms with van der Waals surface area (Å²) in [5, 5.41) is 1.01. The van der Waals surface area contributed by atoms with E-state index in [2.05, 4.69) is 22.0 Å². The maximum atomic E-state index is 13.4. The van der Waals surface area contributed by atoms with Crippen LogP contribution in [0.3, 0.4) is 0 Å². The minimum atomic E-state index is -0.248. The van der Waals surface area contributed by atoms with Crippen molar-refractivity contribution in [2.24, 2.45) is 0 Å². The van der Waals surface area contributed by atoms with Gasteiger partial charge in [0.2, 0.25) is 5.91 Å². The third-order valence-corrected chi connectivity index (χ3v) is 5.42. The van der Waals surface area contributed by atoms with Gasteiger partial charge in [-0.05, 0) is 49.2 Å². The predicted octanol–water partition coefficient (Wildman–Crippen LogP) is 3.90. The summed E-state index contributed by atoms with van der Waals surface area (Å²) < 4.78 is 13.4. The van der Waals surface area contributed by atoms with Crippen molar-refractivity contribution in [2.75, 3.05) is 31.1 Å². The van der Waals surface area contributed by atoms with E-state index < -0.39 is 0 Å². The summed E-state index contributed by atoms with van der Waals surface area (Å²) in [6.45, 7) is 5.22. The van der Waals surface area contributed by atoms with Crippen LogP contribution in [-0.4, -0.2) is 42.0 Å². The standard InChI is InChI=1S/C22H24FN3O/c1-16-19(20-8-7-17(23)15-21(20)24-16)9-10-22(27)26-13-11-25(12-14-26)18-5-3-2-4-6-18/h2-8,15,24H,9-14H2,1H3. The molecular formula is C22H24FN3O. The molecule has 2 heterocycles. The van der Waals surface area contributed by atoms with Crippen molar-refractivity contribution in [1.82, 2.24) is 9.88 Å². The zero-order valence-corrected chi connectivity index (χ0v) is 15.5. The first-order valence-corrected chi connectivity index (χ1v) is 9.46. The van der Waals surface area contributed by atoms with Crippen molar-refractivity contribution < 1.29 is 9.18 Å². The van der Waals surface area contributed by atoms with Crippen LogP contribution in [0.25, 0.3) is 10.9 Å². The number of rotatable bonds is 4. The molecule has 1 aliphatic rings. The van der Waals surface area contributed by atoms with Gasteiger partial charge in [-0.3, -0.25) is 4.79 Å². The molecule has 0 aliphatic carbocycles. The van der Waals surface area contributed by atoms with Gasteiger partial charge in [-0.1, -0.05) is 18.2 Å². The summed E-state index contributed by atoms with van der Waals surface area (Å²) in [4.78, 5) is 20.2. The van der Waals surface area contributed by atoms with Crippen molar-refractivity contribution in [1.29, 1.82) is 0 Å². The number of carbonyl (C=O) groups is 1. The maximum Gasteiger partial charge on any atom is 0.223 e. The number of nitrogens with one attached hydrogen (secondary N) is 1. The van der Waals surface area contributed by atoms with Gasteiger partial charge >= 0.3 is 0 Å². The highest BCUT2D eigenvalue weighted by Crippen LogP contribution is 2.24. The summed E-state index contributed by atoms with van der Waals surface area (Å²) in [5.74, 6) is -0.0544. The summed E-state index contributed by atoms with van der Waals surface area (Å²) >= 11 is 0. The van der Waals surface area contributed by atoms with Gasteiger partial charge in [0.05, 0.1) is 0 Å². The SMILES string of the molecule is Cc1[nH]c2cc(F)ccc2c1CCC(=O)N1CCN(c2ccccc2)CC1. The highest BCUT2D eigenvalue weighted by atomic mass is 19.1. The van der Waals surface area contributed by atoms with Crippen LogP contribution in [0.1, 0.15) is 17.7 Å². The lowest BCUT2D eigenvalue weighted by molar-refractivity contribution is -0.131. The molecule has 0 saturated carbocycles. The largest absolute Gasteiger partial charge is 0.368 e. The molecule has 2 aromatic carbocycles. The van der Waals surface area contributed by atoms with Crippen LogP contribution in [0.5, 0.6) is 0 Å². The molecule has 0 bridgehead atoms. The number of anilines is 1. The molecule has 0 radical (unpaired) electrons. The Labute approximate surface area is 158 Å². The first-order chi connectivity index (χ1) is 13.1. The van der Waals surface area contributed by atoms with Gasteiger partial charge in [0.25, 0.3) is 0 Å². The van der Waals surface area contributed by atoms with Gasteiger partial charge in [0.15, 0.2) is 0 Å². The fraction of sp³-hybridized carbons (Fsp3) is 0.318. The van der Waals surface area contributed by atoms with E-state index in [0.717, 1.165) is 48.3 Å². The summed E-state index contributed by atoms with van der Waals surface area (Å²) in [6, 6.07) is 15.1. The number of carbonyl (C=O) groups excluding carboxylic acids is 1. The number of piperazine rings is 1. The molecule has 0 unspecified atom stereocenters. The number of hydrogen-bond acceptors (Lipinski definition) is 2. The van der Waals surface area contributed by atoms with E-state index in [1.165, 1.54) is 17.8 Å². The molecule has 1 fully saturated rings. The molecule has 1 saturated heterocycles. The first kappa shape index (κ1) is 17.6. The third kappa shape index (κ3) is 3.68. The van der Waals surface area contributed by atoms with Crippen molar-refractivity contribution in [3.8, 4) is 0 Å². The Bertz CT molecular complexity index is 943. The molecule has 4 nitrogen and oxygen atoms in total. The predicted molar refractivity (Wildman–Crippen MR) is 107 cm³/mol. The van der Waals surface area contributed by atoms with Crippen LogP contribution in [0.15, 0.2) is 48.5 Å². The number of aryl methyl sites for hydroxylation is 2. The lowest BCUT2D eigenvalue weighted by atomic mass is 10.0. The van der Waals surface area contributed by atoms with E-state index in [1.54, 1.807) is 6.07 Å². The van der Waals surface area contributed by atoms with Crippen molar-refractivity contribution in [3.63, 3.8) is 0 Å². The summed E-state index contributed by atoms with van der Waals surface area (Å²) in [6.07, 6.45) is 1.16. The number of para-hydroxylation sites is 1. The van der Waals surface area contributed by atoms with Crippen LogP contribution >= 0.6 is 0 Å². The normalized spacial score (nSPS) is 14.7. The molecule has 0 spiro atoms. The Morgan fingerprint density at radius 3 is 2.56 bits per heavy atom. The number of hydrogen-bond donors (Lipinski definition) is 1. The monoisotopic (exact) mass is 365 g/mol. The average molecular weight is 365 g/mol. The highest BCUT2D eigenvalue weighted by molar-refractivity contribution is 5.85. The number of fused-ring (bicyclic) bond motifs is 1. The van der Waals surface area contributed by atoms with Crippen LogP contribution < -0.4 is 4.90 Å². The molecule has 1 N–H and O–H groups in total. The number of benzene rings is 2. The smallest absolute Gasteiger partial charge is 0.223 e. The van der Waals surface area contributed by atoms with Crippen LogP contribution in [0, 0.1) is 12.7 Å². The van der Waals surface area contributed by atoms with Crippen LogP contribution in [-0.2, 0) is 11.2 Å². The second kappa shape index (κ2) is 7.43. The summed E-state index contributed by atoms with van der Waals surface area (Å²) in [5.41, 5.74) is 4.14. The molecule has 4 rings (SSSR count). The van der Waals surface area contributed by atoms with Crippen molar-refractivity contribution >= 4 is 22.5 Å². The number of nitrogens with zero attached hydrogens (tertiary/aromatic N) is 2. The van der Waals surface area contributed by atoms with Crippen LogP contribution in [0.4, 0.5) is 10.1 Å². The Balaban J connectivity index is 1.36. The van der Waals surface area contributed by atoms with Gasteiger partial charge < -0.3 is 14.8 Å². The van der Waals surface area contributed by atoms with E-state index in [9.17, 15) is 9.18 Å². The zero-order valence-electron chi connectivity index (χ0n) is 15.5. The fourth-order valence-corrected chi connectivity index (χ4v) is 3.93. The zero-order chi connectivity index (χ0) is 18.8. The Kier molecular flexibility index (Phi) is 4.84.